The van der Waals surface area contributed by atoms with Crippen molar-refractivity contribution in [2.45, 2.75) is 32.9 Å². The van der Waals surface area contributed by atoms with Crippen LogP contribution in [0.25, 0.3) is 0 Å². The van der Waals surface area contributed by atoms with Crippen molar-refractivity contribution in [1.29, 1.82) is 0 Å². The van der Waals surface area contributed by atoms with Gasteiger partial charge in [-0.1, -0.05) is 36.4 Å². The van der Waals surface area contributed by atoms with Gasteiger partial charge in [0.15, 0.2) is 0 Å². The molecule has 2 aliphatic heterocycles. The lowest BCUT2D eigenvalue weighted by atomic mass is 9.75. The fourth-order valence-electron chi connectivity index (χ4n) is 4.84. The van der Waals surface area contributed by atoms with Crippen LogP contribution in [-0.2, 0) is 32.2 Å². The molecule has 2 unspecified atom stereocenters. The number of methoxy groups -OCH3 is 2. The van der Waals surface area contributed by atoms with Crippen LogP contribution in [0.1, 0.15) is 36.5 Å². The Morgan fingerprint density at radius 3 is 2.38 bits per heavy atom. The maximum absolute atomic E-state index is 13.4. The number of nitrogens with zero attached hydrogens (tertiary/aromatic N) is 2. The van der Waals surface area contributed by atoms with Gasteiger partial charge in [0.05, 0.1) is 19.8 Å². The summed E-state index contributed by atoms with van der Waals surface area (Å²) in [5.41, 5.74) is 4.91. The zero-order valence-electron chi connectivity index (χ0n) is 20.0. The van der Waals surface area contributed by atoms with Crippen LogP contribution in [-0.4, -0.2) is 49.9 Å². The van der Waals surface area contributed by atoms with Gasteiger partial charge >= 0.3 is 11.9 Å². The van der Waals surface area contributed by atoms with Gasteiger partial charge in [0.2, 0.25) is 0 Å². The molecule has 34 heavy (non-hydrogen) atoms. The van der Waals surface area contributed by atoms with Gasteiger partial charge in [-0.3, -0.25) is 14.7 Å². The molecular formula is C27H30N2O5. The molecule has 7 nitrogen and oxygen atoms in total. The third-order valence-electron chi connectivity index (χ3n) is 6.50. The monoisotopic (exact) mass is 462 g/mol. The summed E-state index contributed by atoms with van der Waals surface area (Å²) < 4.78 is 16.2. The molecule has 0 spiro atoms. The van der Waals surface area contributed by atoms with E-state index in [0.29, 0.717) is 29.3 Å². The number of hydrogen-bond acceptors (Lipinski definition) is 7. The number of esters is 2. The summed E-state index contributed by atoms with van der Waals surface area (Å²) in [6.45, 7) is 6.12. The molecule has 2 aromatic carbocycles. The number of carbonyl (C=O) groups excluding carboxylic acids is 2. The van der Waals surface area contributed by atoms with E-state index >= 15 is 0 Å². The van der Waals surface area contributed by atoms with Gasteiger partial charge in [-0.25, -0.2) is 4.79 Å². The Bertz CT molecular complexity index is 1130. The topological polar surface area (TPSA) is 77.4 Å². The quantitative estimate of drug-likeness (QED) is 0.582. The highest BCUT2D eigenvalue weighted by Crippen LogP contribution is 2.41. The first-order valence-corrected chi connectivity index (χ1v) is 11.4. The second-order valence-electron chi connectivity index (χ2n) is 8.62. The zero-order valence-corrected chi connectivity index (χ0v) is 20.0. The van der Waals surface area contributed by atoms with Crippen molar-refractivity contribution in [2.75, 3.05) is 27.4 Å². The van der Waals surface area contributed by atoms with Crippen molar-refractivity contribution in [1.82, 2.24) is 4.90 Å². The van der Waals surface area contributed by atoms with Gasteiger partial charge in [0.1, 0.15) is 18.3 Å². The predicted octanol–water partition coefficient (Wildman–Crippen LogP) is 3.88. The second kappa shape index (κ2) is 10.2. The van der Waals surface area contributed by atoms with E-state index in [1.54, 1.807) is 21.0 Å². The summed E-state index contributed by atoms with van der Waals surface area (Å²) >= 11 is 0. The van der Waals surface area contributed by atoms with Crippen LogP contribution < -0.4 is 4.74 Å². The van der Waals surface area contributed by atoms with Crippen LogP contribution in [0.3, 0.4) is 0 Å². The number of allylic oxidation sites excluding steroid dienone is 1. The molecule has 2 aromatic rings. The van der Waals surface area contributed by atoms with Crippen LogP contribution in [0.2, 0.25) is 0 Å². The maximum atomic E-state index is 13.4. The highest BCUT2D eigenvalue weighted by molar-refractivity contribution is 6.07. The van der Waals surface area contributed by atoms with Gasteiger partial charge in [0.25, 0.3) is 0 Å². The van der Waals surface area contributed by atoms with E-state index < -0.39 is 23.8 Å². The van der Waals surface area contributed by atoms with Crippen molar-refractivity contribution >= 4 is 17.7 Å². The first kappa shape index (κ1) is 23.7. The standard InChI is InChI=1S/C27H30N2O5/c1-17-23(26(30)33-4)25(19-10-7-11-22(14-19)32-3)24(18(2)28-17)27(31)34-13-12-29-15-20-8-5-6-9-21(20)16-29/h5-11,14,23,25H,12-13,15-16H2,1-4H3. The molecular weight excluding hydrogens is 432 g/mol. The first-order chi connectivity index (χ1) is 16.4. The molecule has 7 heteroatoms. The first-order valence-electron chi connectivity index (χ1n) is 11.4. The third-order valence-corrected chi connectivity index (χ3v) is 6.50. The number of benzene rings is 2. The second-order valence-corrected chi connectivity index (χ2v) is 8.62. The molecule has 178 valence electrons. The molecule has 0 fully saturated rings. The average Bonchev–Trinajstić information content (AvgIpc) is 3.26. The summed E-state index contributed by atoms with van der Waals surface area (Å²) in [6.07, 6.45) is 0. The molecule has 2 aliphatic rings. The smallest absolute Gasteiger partial charge is 0.336 e. The molecule has 0 N–H and O–H groups in total. The summed E-state index contributed by atoms with van der Waals surface area (Å²) in [4.78, 5) is 32.9. The molecule has 4 rings (SSSR count). The van der Waals surface area contributed by atoms with Crippen molar-refractivity contribution in [3.63, 3.8) is 0 Å². The van der Waals surface area contributed by atoms with E-state index in [0.717, 1.165) is 18.7 Å². The highest BCUT2D eigenvalue weighted by Gasteiger charge is 2.42. The fraction of sp³-hybridized carbons (Fsp3) is 0.370. The van der Waals surface area contributed by atoms with Gasteiger partial charge < -0.3 is 14.2 Å². The van der Waals surface area contributed by atoms with Gasteiger partial charge in [-0.05, 0) is 42.7 Å². The van der Waals surface area contributed by atoms with Gasteiger partial charge in [-0.2, -0.15) is 0 Å². The van der Waals surface area contributed by atoms with Crippen molar-refractivity contribution in [3.05, 3.63) is 76.5 Å². The van der Waals surface area contributed by atoms with Gasteiger partial charge in [0, 0.05) is 37.0 Å². The Labute approximate surface area is 200 Å². The minimum Gasteiger partial charge on any atom is -0.497 e. The minimum absolute atomic E-state index is 0.250. The Morgan fingerprint density at radius 1 is 1.03 bits per heavy atom. The SMILES string of the molecule is COC(=O)C1C(C)=NC(C)=C(C(=O)OCCN2Cc3ccccc3C2)C1c1cccc(OC)c1. The Hall–Kier alpha value is -3.45. The fourth-order valence-corrected chi connectivity index (χ4v) is 4.84. The number of hydrogen-bond donors (Lipinski definition) is 0. The molecule has 0 saturated heterocycles. The van der Waals surface area contributed by atoms with Crippen LogP contribution >= 0.6 is 0 Å². The van der Waals surface area contributed by atoms with Crippen molar-refractivity contribution < 1.29 is 23.8 Å². The molecule has 2 atom stereocenters. The third kappa shape index (κ3) is 4.75. The van der Waals surface area contributed by atoms with Crippen molar-refractivity contribution in [2.24, 2.45) is 10.9 Å². The van der Waals surface area contributed by atoms with Crippen molar-refractivity contribution in [3.8, 4) is 5.75 Å². The van der Waals surface area contributed by atoms with E-state index in [1.807, 2.05) is 36.4 Å². The Balaban J connectivity index is 1.55. The number of aliphatic imine (C=N–C) groups is 1. The number of rotatable bonds is 7. The Morgan fingerprint density at radius 2 is 1.74 bits per heavy atom. The minimum atomic E-state index is -0.726. The summed E-state index contributed by atoms with van der Waals surface area (Å²) in [6, 6.07) is 15.7. The predicted molar refractivity (Wildman–Crippen MR) is 129 cm³/mol. The molecule has 0 aromatic heterocycles. The van der Waals surface area contributed by atoms with Crippen LogP contribution in [0.5, 0.6) is 5.75 Å². The van der Waals surface area contributed by atoms with Crippen LogP contribution in [0.15, 0.2) is 64.8 Å². The zero-order chi connectivity index (χ0) is 24.2. The molecule has 0 radical (unpaired) electrons. The van der Waals surface area contributed by atoms with Crippen LogP contribution in [0, 0.1) is 5.92 Å². The van der Waals surface area contributed by atoms with E-state index in [9.17, 15) is 9.59 Å². The van der Waals surface area contributed by atoms with E-state index in [-0.39, 0.29) is 6.61 Å². The Kier molecular flexibility index (Phi) is 7.12. The lowest BCUT2D eigenvalue weighted by molar-refractivity contribution is -0.144. The summed E-state index contributed by atoms with van der Waals surface area (Å²) in [5.74, 6) is -1.57. The van der Waals surface area contributed by atoms with E-state index in [4.69, 9.17) is 14.2 Å². The molecule has 0 saturated carbocycles. The maximum Gasteiger partial charge on any atom is 0.336 e. The summed E-state index contributed by atoms with van der Waals surface area (Å²) in [5, 5.41) is 0. The largest absolute Gasteiger partial charge is 0.497 e. The highest BCUT2D eigenvalue weighted by atomic mass is 16.5. The molecule has 0 amide bonds. The molecule has 0 aliphatic carbocycles. The van der Waals surface area contributed by atoms with Crippen LogP contribution in [0.4, 0.5) is 0 Å². The van der Waals surface area contributed by atoms with Gasteiger partial charge in [-0.15, -0.1) is 0 Å². The summed E-state index contributed by atoms with van der Waals surface area (Å²) in [7, 11) is 2.92. The average molecular weight is 463 g/mol. The number of fused-ring (bicyclic) bond motifs is 1. The lowest BCUT2D eigenvalue weighted by Crippen LogP contribution is -2.36. The lowest BCUT2D eigenvalue weighted by Gasteiger charge is -2.31. The number of ether oxygens (including phenoxy) is 3. The van der Waals surface area contributed by atoms with E-state index in [2.05, 4.69) is 22.0 Å². The number of carbonyl (C=O) groups is 2. The molecule has 2 heterocycles. The van der Waals surface area contributed by atoms with E-state index in [1.165, 1.54) is 18.2 Å². The molecule has 0 bridgehead atoms. The normalized spacial score (nSPS) is 19.9.